The van der Waals surface area contributed by atoms with E-state index >= 15 is 0 Å². The molecule has 0 radical (unpaired) electrons. The summed E-state index contributed by atoms with van der Waals surface area (Å²) in [7, 11) is 1.48. The third-order valence-corrected chi connectivity index (χ3v) is 2.07. The first-order valence-electron chi connectivity index (χ1n) is 4.28. The average Bonchev–Trinajstić information content (AvgIpc) is 2.63. The molecule has 6 nitrogen and oxygen atoms in total. The number of methoxy groups -OCH3 is 1. The van der Waals surface area contributed by atoms with E-state index in [4.69, 9.17) is 14.2 Å². The SMILES string of the molecule is COCc1cc2c(cc1[N+](=O)[O-])OCO2. The molecule has 0 N–H and O–H groups in total. The summed E-state index contributed by atoms with van der Waals surface area (Å²) >= 11 is 0. The lowest BCUT2D eigenvalue weighted by Crippen LogP contribution is -1.97. The smallest absolute Gasteiger partial charge is 0.278 e. The van der Waals surface area contributed by atoms with Gasteiger partial charge in [0.2, 0.25) is 6.79 Å². The number of nitro benzene ring substituents is 1. The number of hydrogen-bond donors (Lipinski definition) is 0. The van der Waals surface area contributed by atoms with Crippen LogP contribution in [0.25, 0.3) is 0 Å². The number of ether oxygens (including phenoxy) is 3. The fourth-order valence-corrected chi connectivity index (χ4v) is 1.41. The Balaban J connectivity index is 2.47. The van der Waals surface area contributed by atoms with Gasteiger partial charge in [-0.25, -0.2) is 0 Å². The van der Waals surface area contributed by atoms with Crippen molar-refractivity contribution in [2.45, 2.75) is 6.61 Å². The number of hydrogen-bond acceptors (Lipinski definition) is 5. The van der Waals surface area contributed by atoms with Gasteiger partial charge in [0.1, 0.15) is 0 Å². The van der Waals surface area contributed by atoms with Crippen molar-refractivity contribution in [3.05, 3.63) is 27.8 Å². The van der Waals surface area contributed by atoms with Crippen molar-refractivity contribution in [3.63, 3.8) is 0 Å². The average molecular weight is 211 g/mol. The van der Waals surface area contributed by atoms with E-state index in [0.717, 1.165) is 0 Å². The number of benzene rings is 1. The summed E-state index contributed by atoms with van der Waals surface area (Å²) in [4.78, 5) is 10.3. The van der Waals surface area contributed by atoms with Gasteiger partial charge < -0.3 is 14.2 Å². The second-order valence-electron chi connectivity index (χ2n) is 3.02. The molecule has 15 heavy (non-hydrogen) atoms. The van der Waals surface area contributed by atoms with E-state index in [1.165, 1.54) is 13.2 Å². The molecule has 0 aliphatic carbocycles. The minimum Gasteiger partial charge on any atom is -0.454 e. The third-order valence-electron chi connectivity index (χ3n) is 2.07. The van der Waals surface area contributed by atoms with Crippen LogP contribution in [0.15, 0.2) is 12.1 Å². The zero-order chi connectivity index (χ0) is 10.8. The van der Waals surface area contributed by atoms with Crippen molar-refractivity contribution in [1.82, 2.24) is 0 Å². The lowest BCUT2D eigenvalue weighted by atomic mass is 10.1. The lowest BCUT2D eigenvalue weighted by Gasteiger charge is -2.03. The topological polar surface area (TPSA) is 70.8 Å². The maximum absolute atomic E-state index is 10.8. The number of rotatable bonds is 3. The van der Waals surface area contributed by atoms with Crippen molar-refractivity contribution in [3.8, 4) is 11.5 Å². The summed E-state index contributed by atoms with van der Waals surface area (Å²) < 4.78 is 15.1. The largest absolute Gasteiger partial charge is 0.454 e. The zero-order valence-electron chi connectivity index (χ0n) is 8.06. The predicted octanol–water partition coefficient (Wildman–Crippen LogP) is 1.47. The maximum atomic E-state index is 10.8. The lowest BCUT2D eigenvalue weighted by molar-refractivity contribution is -0.386. The van der Waals surface area contributed by atoms with Crippen LogP contribution in [0.5, 0.6) is 11.5 Å². The van der Waals surface area contributed by atoms with Crippen molar-refractivity contribution in [1.29, 1.82) is 0 Å². The van der Waals surface area contributed by atoms with Gasteiger partial charge in [-0.1, -0.05) is 0 Å². The van der Waals surface area contributed by atoms with Gasteiger partial charge in [-0.15, -0.1) is 0 Å². The summed E-state index contributed by atoms with van der Waals surface area (Å²) in [5, 5.41) is 10.8. The Morgan fingerprint density at radius 1 is 1.47 bits per heavy atom. The highest BCUT2D eigenvalue weighted by molar-refractivity contribution is 5.54. The molecule has 0 amide bonds. The first kappa shape index (κ1) is 9.72. The Morgan fingerprint density at radius 3 is 2.73 bits per heavy atom. The van der Waals surface area contributed by atoms with Crippen LogP contribution in [0.3, 0.4) is 0 Å². The molecule has 0 bridgehead atoms. The summed E-state index contributed by atoms with van der Waals surface area (Å²) in [6.45, 7) is 0.274. The molecule has 1 aromatic rings. The molecule has 0 saturated heterocycles. The summed E-state index contributed by atoms with van der Waals surface area (Å²) in [5.41, 5.74) is 0.466. The van der Waals surface area contributed by atoms with Gasteiger partial charge in [-0.2, -0.15) is 0 Å². The first-order valence-corrected chi connectivity index (χ1v) is 4.28. The normalized spacial score (nSPS) is 12.9. The van der Waals surface area contributed by atoms with Crippen molar-refractivity contribution >= 4 is 5.69 Å². The Kier molecular flexibility index (Phi) is 2.42. The van der Waals surface area contributed by atoms with Crippen molar-refractivity contribution in [2.24, 2.45) is 0 Å². The van der Waals surface area contributed by atoms with Crippen molar-refractivity contribution < 1.29 is 19.1 Å². The molecule has 0 aromatic heterocycles. The molecule has 1 aliphatic rings. The highest BCUT2D eigenvalue weighted by atomic mass is 16.7. The Labute approximate surface area is 85.5 Å². The number of fused-ring (bicyclic) bond motifs is 1. The summed E-state index contributed by atoms with van der Waals surface area (Å²) in [6.07, 6.45) is 0. The quantitative estimate of drug-likeness (QED) is 0.559. The first-order chi connectivity index (χ1) is 7.22. The summed E-state index contributed by atoms with van der Waals surface area (Å²) in [5.74, 6) is 0.925. The predicted molar refractivity (Wildman–Crippen MR) is 49.9 cm³/mol. The van der Waals surface area contributed by atoms with Crippen LogP contribution < -0.4 is 9.47 Å². The molecule has 0 atom stereocenters. The monoisotopic (exact) mass is 211 g/mol. The molecule has 0 spiro atoms. The minimum atomic E-state index is -0.462. The Bertz CT molecular complexity index is 404. The van der Waals surface area contributed by atoms with E-state index < -0.39 is 4.92 Å². The van der Waals surface area contributed by atoms with E-state index in [1.54, 1.807) is 6.07 Å². The molecule has 2 rings (SSSR count). The van der Waals surface area contributed by atoms with Gasteiger partial charge in [0.05, 0.1) is 23.2 Å². The standard InChI is InChI=1S/C9H9NO5/c1-13-4-6-2-8-9(15-5-14-8)3-7(6)10(11)12/h2-3H,4-5H2,1H3. The molecular weight excluding hydrogens is 202 g/mol. The number of nitro groups is 1. The second kappa shape index (κ2) is 3.74. The van der Waals surface area contributed by atoms with Crippen LogP contribution in [-0.2, 0) is 11.3 Å². The van der Waals surface area contributed by atoms with Crippen LogP contribution in [0, 0.1) is 10.1 Å². The fraction of sp³-hybridized carbons (Fsp3) is 0.333. The molecule has 80 valence electrons. The Morgan fingerprint density at radius 2 is 2.13 bits per heavy atom. The van der Waals surface area contributed by atoms with Gasteiger partial charge >= 0.3 is 0 Å². The van der Waals surface area contributed by atoms with Crippen LogP contribution in [0.1, 0.15) is 5.56 Å². The van der Waals surface area contributed by atoms with E-state index in [0.29, 0.717) is 17.1 Å². The highest BCUT2D eigenvalue weighted by Gasteiger charge is 2.22. The van der Waals surface area contributed by atoms with Gasteiger partial charge in [-0.05, 0) is 6.07 Å². The molecular formula is C9H9NO5. The zero-order valence-corrected chi connectivity index (χ0v) is 8.06. The van der Waals surface area contributed by atoms with Crippen LogP contribution >= 0.6 is 0 Å². The molecule has 0 saturated carbocycles. The minimum absolute atomic E-state index is 0.0129. The summed E-state index contributed by atoms with van der Waals surface area (Å²) in [6, 6.07) is 2.93. The molecule has 1 aliphatic heterocycles. The van der Waals surface area contributed by atoms with E-state index in [-0.39, 0.29) is 19.1 Å². The molecule has 6 heteroatoms. The van der Waals surface area contributed by atoms with Crippen LogP contribution in [-0.4, -0.2) is 18.8 Å². The fourth-order valence-electron chi connectivity index (χ4n) is 1.41. The number of nitrogens with zero attached hydrogens (tertiary/aromatic N) is 1. The van der Waals surface area contributed by atoms with E-state index in [1.807, 2.05) is 0 Å². The maximum Gasteiger partial charge on any atom is 0.278 e. The highest BCUT2D eigenvalue weighted by Crippen LogP contribution is 2.38. The Hall–Kier alpha value is -1.82. The van der Waals surface area contributed by atoms with Gasteiger partial charge in [-0.3, -0.25) is 10.1 Å². The molecule has 0 unspecified atom stereocenters. The van der Waals surface area contributed by atoms with E-state index in [2.05, 4.69) is 0 Å². The third kappa shape index (κ3) is 1.71. The molecule has 1 aromatic carbocycles. The molecule has 0 fully saturated rings. The second-order valence-corrected chi connectivity index (χ2v) is 3.02. The van der Waals surface area contributed by atoms with E-state index in [9.17, 15) is 10.1 Å². The van der Waals surface area contributed by atoms with Crippen molar-refractivity contribution in [2.75, 3.05) is 13.9 Å². The van der Waals surface area contributed by atoms with Gasteiger partial charge in [0.25, 0.3) is 5.69 Å². The van der Waals surface area contributed by atoms with Crippen LogP contribution in [0.2, 0.25) is 0 Å². The van der Waals surface area contributed by atoms with Gasteiger partial charge in [0, 0.05) is 7.11 Å². The van der Waals surface area contributed by atoms with Crippen LogP contribution in [0.4, 0.5) is 5.69 Å². The van der Waals surface area contributed by atoms with Gasteiger partial charge in [0.15, 0.2) is 11.5 Å². The molecule has 1 heterocycles.